The number of nitrogens with one attached hydrogen (secondary N) is 1. The van der Waals surface area contributed by atoms with E-state index in [1.165, 1.54) is 23.9 Å². The second-order valence-electron chi connectivity index (χ2n) is 8.51. The molecule has 1 heterocycles. The van der Waals surface area contributed by atoms with E-state index < -0.39 is 17.7 Å². The third-order valence-corrected chi connectivity index (χ3v) is 7.16. The maximum Gasteiger partial charge on any atom is 0.222 e. The summed E-state index contributed by atoms with van der Waals surface area (Å²) in [5, 5.41) is 2.81. The first-order valence-corrected chi connectivity index (χ1v) is 12.4. The van der Waals surface area contributed by atoms with Crippen molar-refractivity contribution in [3.8, 4) is 0 Å². The lowest BCUT2D eigenvalue weighted by Gasteiger charge is -2.28. The molecule has 1 aliphatic rings. The van der Waals surface area contributed by atoms with Gasteiger partial charge in [-0.1, -0.05) is 80.3 Å². The summed E-state index contributed by atoms with van der Waals surface area (Å²) in [6, 6.07) is 12.9. The molecule has 4 nitrogen and oxygen atoms in total. The highest BCUT2D eigenvalue weighted by Gasteiger charge is 2.32. The topological polar surface area (TPSA) is 49.4 Å². The Morgan fingerprint density at radius 3 is 2.58 bits per heavy atom. The first kappa shape index (κ1) is 25.3. The Morgan fingerprint density at radius 2 is 1.88 bits per heavy atom. The van der Waals surface area contributed by atoms with Crippen molar-refractivity contribution in [3.05, 3.63) is 71.3 Å². The van der Waals surface area contributed by atoms with Crippen molar-refractivity contribution >= 4 is 40.0 Å². The molecule has 0 spiro atoms. The molecule has 176 valence electrons. The number of rotatable bonds is 9. The lowest BCUT2D eigenvalue weighted by molar-refractivity contribution is -0.126. The molecule has 0 aromatic heterocycles. The Bertz CT molecular complexity index is 1000. The van der Waals surface area contributed by atoms with E-state index in [-0.39, 0.29) is 41.5 Å². The van der Waals surface area contributed by atoms with Crippen molar-refractivity contribution < 1.29 is 18.4 Å². The molecule has 2 atom stereocenters. The summed E-state index contributed by atoms with van der Waals surface area (Å²) in [6.07, 6.45) is 1.41. The molecule has 2 aromatic rings. The predicted octanol–water partition coefficient (Wildman–Crippen LogP) is 5.25. The molecule has 8 heteroatoms. The highest BCUT2D eigenvalue weighted by Crippen LogP contribution is 2.27. The van der Waals surface area contributed by atoms with Gasteiger partial charge in [-0.3, -0.25) is 9.59 Å². The molecule has 0 radical (unpaired) electrons. The average molecular weight is 491 g/mol. The van der Waals surface area contributed by atoms with Gasteiger partial charge in [-0.2, -0.15) is 0 Å². The van der Waals surface area contributed by atoms with E-state index in [4.69, 9.17) is 12.2 Å². The molecule has 1 saturated heterocycles. The van der Waals surface area contributed by atoms with Crippen molar-refractivity contribution in [2.24, 2.45) is 5.92 Å². The number of thioether (sulfide) groups is 1. The maximum absolute atomic E-state index is 14.2. The van der Waals surface area contributed by atoms with Crippen molar-refractivity contribution in [3.63, 3.8) is 0 Å². The Hall–Kier alpha value is -2.32. The van der Waals surface area contributed by atoms with Crippen LogP contribution in [0.15, 0.2) is 48.5 Å². The van der Waals surface area contributed by atoms with Gasteiger partial charge in [0.05, 0.1) is 4.99 Å². The van der Waals surface area contributed by atoms with Crippen LogP contribution in [0.25, 0.3) is 0 Å². The Balaban J connectivity index is 1.60. The highest BCUT2D eigenvalue weighted by atomic mass is 32.2. The Morgan fingerprint density at radius 1 is 1.15 bits per heavy atom. The lowest BCUT2D eigenvalue weighted by Crippen LogP contribution is -2.45. The van der Waals surface area contributed by atoms with Crippen LogP contribution in [-0.4, -0.2) is 33.0 Å². The minimum atomic E-state index is -0.904. The molecule has 1 fully saturated rings. The zero-order valence-corrected chi connectivity index (χ0v) is 20.4. The molecular formula is C25H28F2N2O2S2. The molecule has 0 bridgehead atoms. The van der Waals surface area contributed by atoms with Gasteiger partial charge in [0, 0.05) is 30.3 Å². The number of carbonyl (C=O) groups excluding carboxylic acids is 2. The molecule has 33 heavy (non-hydrogen) atoms. The summed E-state index contributed by atoms with van der Waals surface area (Å²) in [4.78, 5) is 28.1. The van der Waals surface area contributed by atoms with E-state index in [2.05, 4.69) is 5.32 Å². The quantitative estimate of drug-likeness (QED) is 0.487. The standard InChI is InChI=1S/C25H28F2N2O2S2/c1-16(2)24(25(31)33-15-17-7-4-3-5-8-17)28-21(30)13-19-11-12-22(32)29(19)14-18-9-6-10-20(26)23(18)27/h3-10,16,19,24H,11-15H2,1-2H3,(H,28,30)/t19-,24-/m0/s1. The van der Waals surface area contributed by atoms with Crippen LogP contribution in [0.2, 0.25) is 0 Å². The summed E-state index contributed by atoms with van der Waals surface area (Å²) in [6.45, 7) is 3.91. The van der Waals surface area contributed by atoms with Gasteiger partial charge in [0.15, 0.2) is 11.6 Å². The number of hydrogen-bond acceptors (Lipinski definition) is 4. The number of carbonyl (C=O) groups is 2. The summed E-state index contributed by atoms with van der Waals surface area (Å²) in [7, 11) is 0. The zero-order chi connectivity index (χ0) is 24.0. The molecule has 1 N–H and O–H groups in total. The van der Waals surface area contributed by atoms with Gasteiger partial charge in [0.2, 0.25) is 11.0 Å². The number of hydrogen-bond donors (Lipinski definition) is 1. The van der Waals surface area contributed by atoms with E-state index in [1.54, 1.807) is 4.90 Å². The second-order valence-corrected chi connectivity index (χ2v) is 9.96. The highest BCUT2D eigenvalue weighted by molar-refractivity contribution is 8.13. The van der Waals surface area contributed by atoms with Crippen LogP contribution in [-0.2, 0) is 21.9 Å². The Labute approximate surface area is 203 Å². The van der Waals surface area contributed by atoms with Crippen molar-refractivity contribution in [1.82, 2.24) is 10.2 Å². The molecule has 2 aromatic carbocycles. The molecule has 0 aliphatic carbocycles. The smallest absolute Gasteiger partial charge is 0.222 e. The number of nitrogens with zero attached hydrogens (tertiary/aromatic N) is 1. The molecular weight excluding hydrogens is 462 g/mol. The number of benzene rings is 2. The fraction of sp³-hybridized carbons (Fsp3) is 0.400. The average Bonchev–Trinajstić information content (AvgIpc) is 3.13. The summed E-state index contributed by atoms with van der Waals surface area (Å²) in [5.41, 5.74) is 1.25. The van der Waals surface area contributed by atoms with E-state index in [9.17, 15) is 18.4 Å². The molecule has 3 rings (SSSR count). The van der Waals surface area contributed by atoms with Gasteiger partial charge in [-0.05, 0) is 30.4 Å². The fourth-order valence-corrected chi connectivity index (χ4v) is 5.18. The van der Waals surface area contributed by atoms with Crippen LogP contribution >= 0.6 is 24.0 Å². The van der Waals surface area contributed by atoms with Crippen LogP contribution in [0.1, 0.15) is 44.2 Å². The number of likely N-dealkylation sites (tertiary alicyclic amines) is 1. The van der Waals surface area contributed by atoms with Gasteiger partial charge in [-0.25, -0.2) is 8.78 Å². The third kappa shape index (κ3) is 6.84. The number of amides is 1. The van der Waals surface area contributed by atoms with Gasteiger partial charge < -0.3 is 10.2 Å². The molecule has 0 unspecified atom stereocenters. The summed E-state index contributed by atoms with van der Waals surface area (Å²) in [5.74, 6) is -1.56. The van der Waals surface area contributed by atoms with Crippen molar-refractivity contribution in [1.29, 1.82) is 0 Å². The normalized spacial score (nSPS) is 16.8. The van der Waals surface area contributed by atoms with Gasteiger partial charge in [-0.15, -0.1) is 0 Å². The molecule has 1 amide bonds. The summed E-state index contributed by atoms with van der Waals surface area (Å²) >= 11 is 6.61. The van der Waals surface area contributed by atoms with Crippen LogP contribution in [0.3, 0.4) is 0 Å². The first-order chi connectivity index (χ1) is 15.8. The van der Waals surface area contributed by atoms with E-state index in [0.717, 1.165) is 11.6 Å². The monoisotopic (exact) mass is 490 g/mol. The third-order valence-electron chi connectivity index (χ3n) is 5.71. The molecule has 1 aliphatic heterocycles. The van der Waals surface area contributed by atoms with Crippen LogP contribution < -0.4 is 5.32 Å². The number of thiocarbonyl (C=S) groups is 1. The van der Waals surface area contributed by atoms with Crippen molar-refractivity contribution in [2.45, 2.75) is 57.5 Å². The minimum Gasteiger partial charge on any atom is -0.358 e. The van der Waals surface area contributed by atoms with Crippen LogP contribution in [0, 0.1) is 17.6 Å². The second kappa shape index (κ2) is 11.7. The number of halogens is 2. The minimum absolute atomic E-state index is 0.0631. The van der Waals surface area contributed by atoms with Gasteiger partial charge in [0.25, 0.3) is 0 Å². The van der Waals surface area contributed by atoms with Gasteiger partial charge in [0.1, 0.15) is 6.04 Å². The summed E-state index contributed by atoms with van der Waals surface area (Å²) < 4.78 is 27.8. The van der Waals surface area contributed by atoms with Crippen LogP contribution in [0.5, 0.6) is 0 Å². The predicted molar refractivity (Wildman–Crippen MR) is 132 cm³/mol. The SMILES string of the molecule is CC(C)[C@H](NC(=O)C[C@@H]1CCC(=S)N1Cc1cccc(F)c1F)C(=O)SCc1ccccc1. The van der Waals surface area contributed by atoms with E-state index in [1.807, 2.05) is 44.2 Å². The fourth-order valence-electron chi connectivity index (χ4n) is 3.84. The zero-order valence-electron chi connectivity index (χ0n) is 18.7. The lowest BCUT2D eigenvalue weighted by atomic mass is 10.0. The first-order valence-electron chi connectivity index (χ1n) is 11.0. The Kier molecular flexibility index (Phi) is 8.97. The van der Waals surface area contributed by atoms with Crippen molar-refractivity contribution in [2.75, 3.05) is 0 Å². The van der Waals surface area contributed by atoms with E-state index >= 15 is 0 Å². The van der Waals surface area contributed by atoms with Crippen LogP contribution in [0.4, 0.5) is 8.78 Å². The molecule has 0 saturated carbocycles. The maximum atomic E-state index is 14.2. The van der Waals surface area contributed by atoms with E-state index in [0.29, 0.717) is 23.6 Å². The largest absolute Gasteiger partial charge is 0.358 e. The van der Waals surface area contributed by atoms with Gasteiger partial charge >= 0.3 is 0 Å².